The summed E-state index contributed by atoms with van der Waals surface area (Å²) in [5.74, 6) is -0.730. The lowest BCUT2D eigenvalue weighted by Gasteiger charge is -2.15. The number of aromatic hydroxyl groups is 1. The van der Waals surface area contributed by atoms with Crippen molar-refractivity contribution < 1.29 is 19.4 Å². The number of hydrogen-bond acceptors (Lipinski definition) is 5. The summed E-state index contributed by atoms with van der Waals surface area (Å²) in [5.41, 5.74) is 0.123. The van der Waals surface area contributed by atoms with Crippen LogP contribution in [0.1, 0.15) is 30.1 Å². The molecule has 140 valence electrons. The highest BCUT2D eigenvalue weighted by atomic mass is 16.5. The molecule has 0 aliphatic heterocycles. The van der Waals surface area contributed by atoms with Crippen LogP contribution < -0.4 is 15.0 Å². The summed E-state index contributed by atoms with van der Waals surface area (Å²) < 4.78 is 12.3. The first kappa shape index (κ1) is 18.5. The second kappa shape index (κ2) is 7.95. The molecule has 1 aromatic heterocycles. The van der Waals surface area contributed by atoms with Crippen molar-refractivity contribution in [3.05, 3.63) is 64.4 Å². The number of ether oxygens (including phenoxy) is 2. The van der Waals surface area contributed by atoms with E-state index in [1.807, 2.05) is 13.0 Å². The SMILES string of the molecule is CCCCOc1c(O)c2c(C(=O)Oc3ccccc3)cccc2n(C)c1=O. The molecular formula is C21H21NO5. The number of carbonyl (C=O) groups excluding carboxylic acids is 1. The molecule has 3 aromatic rings. The van der Waals surface area contributed by atoms with E-state index < -0.39 is 11.5 Å². The molecule has 6 heteroatoms. The van der Waals surface area contributed by atoms with Gasteiger partial charge in [0.1, 0.15) is 5.75 Å². The zero-order chi connectivity index (χ0) is 19.4. The third kappa shape index (κ3) is 3.65. The largest absolute Gasteiger partial charge is 0.504 e. The predicted molar refractivity (Wildman–Crippen MR) is 103 cm³/mol. The number of aryl methyl sites for hydroxylation is 1. The summed E-state index contributed by atoms with van der Waals surface area (Å²) in [4.78, 5) is 25.2. The number of fused-ring (bicyclic) bond motifs is 1. The third-order valence-corrected chi connectivity index (χ3v) is 4.27. The van der Waals surface area contributed by atoms with Gasteiger partial charge in [0, 0.05) is 7.05 Å². The van der Waals surface area contributed by atoms with E-state index in [1.54, 1.807) is 49.5 Å². The van der Waals surface area contributed by atoms with Gasteiger partial charge in [-0.2, -0.15) is 0 Å². The molecule has 0 bridgehead atoms. The van der Waals surface area contributed by atoms with Crippen molar-refractivity contribution in [2.45, 2.75) is 19.8 Å². The van der Waals surface area contributed by atoms with Crippen LogP contribution in [0.15, 0.2) is 53.3 Å². The third-order valence-electron chi connectivity index (χ3n) is 4.27. The zero-order valence-corrected chi connectivity index (χ0v) is 15.3. The van der Waals surface area contributed by atoms with Crippen molar-refractivity contribution in [3.8, 4) is 17.2 Å². The van der Waals surface area contributed by atoms with E-state index in [4.69, 9.17) is 9.47 Å². The topological polar surface area (TPSA) is 77.8 Å². The Kier molecular flexibility index (Phi) is 5.45. The van der Waals surface area contributed by atoms with Crippen LogP contribution in [0.3, 0.4) is 0 Å². The summed E-state index contributed by atoms with van der Waals surface area (Å²) in [7, 11) is 1.57. The fourth-order valence-electron chi connectivity index (χ4n) is 2.81. The van der Waals surface area contributed by atoms with Crippen molar-refractivity contribution in [2.24, 2.45) is 7.05 Å². The van der Waals surface area contributed by atoms with E-state index in [0.29, 0.717) is 17.9 Å². The minimum atomic E-state index is -0.625. The molecular weight excluding hydrogens is 346 g/mol. The van der Waals surface area contributed by atoms with E-state index in [9.17, 15) is 14.7 Å². The normalized spacial score (nSPS) is 10.7. The number of pyridine rings is 1. The molecule has 3 rings (SSSR count). The van der Waals surface area contributed by atoms with Crippen molar-refractivity contribution in [3.63, 3.8) is 0 Å². The van der Waals surface area contributed by atoms with Crippen LogP contribution in [0.5, 0.6) is 17.2 Å². The molecule has 0 unspecified atom stereocenters. The van der Waals surface area contributed by atoms with Gasteiger partial charge in [-0.1, -0.05) is 37.6 Å². The lowest BCUT2D eigenvalue weighted by Crippen LogP contribution is -2.21. The molecule has 0 atom stereocenters. The molecule has 0 aliphatic rings. The van der Waals surface area contributed by atoms with Crippen molar-refractivity contribution in [2.75, 3.05) is 6.61 Å². The van der Waals surface area contributed by atoms with Gasteiger partial charge in [0.15, 0.2) is 5.75 Å². The minimum Gasteiger partial charge on any atom is -0.504 e. The standard InChI is InChI=1S/C21H21NO5/c1-3-4-13-26-19-18(23)17-15(11-8-12-16(17)22(2)20(19)24)21(25)27-14-9-6-5-7-10-14/h5-12,23H,3-4,13H2,1-2H3. The summed E-state index contributed by atoms with van der Waals surface area (Å²) in [6, 6.07) is 13.5. The Labute approximate surface area is 156 Å². The summed E-state index contributed by atoms with van der Waals surface area (Å²) in [6.45, 7) is 2.31. The smallest absolute Gasteiger partial charge is 0.344 e. The summed E-state index contributed by atoms with van der Waals surface area (Å²) >= 11 is 0. The molecule has 2 aromatic carbocycles. The van der Waals surface area contributed by atoms with Gasteiger partial charge < -0.3 is 19.1 Å². The Hall–Kier alpha value is -3.28. The first-order chi connectivity index (χ1) is 13.0. The van der Waals surface area contributed by atoms with Gasteiger partial charge in [-0.05, 0) is 30.7 Å². The number of benzene rings is 2. The van der Waals surface area contributed by atoms with Crippen molar-refractivity contribution in [1.82, 2.24) is 4.57 Å². The fraction of sp³-hybridized carbons (Fsp3) is 0.238. The molecule has 27 heavy (non-hydrogen) atoms. The maximum atomic E-state index is 12.7. The number of esters is 1. The highest BCUT2D eigenvalue weighted by Gasteiger charge is 2.22. The lowest BCUT2D eigenvalue weighted by molar-refractivity contribution is 0.0736. The maximum absolute atomic E-state index is 12.7. The Morgan fingerprint density at radius 3 is 2.56 bits per heavy atom. The van der Waals surface area contributed by atoms with Gasteiger partial charge in [0.2, 0.25) is 5.75 Å². The quantitative estimate of drug-likeness (QED) is 0.409. The van der Waals surface area contributed by atoms with Crippen LogP contribution in [0.2, 0.25) is 0 Å². The number of para-hydroxylation sites is 1. The number of hydrogen-bond donors (Lipinski definition) is 1. The minimum absolute atomic E-state index is 0.154. The number of nitrogens with zero attached hydrogens (tertiary/aromatic N) is 1. The Morgan fingerprint density at radius 2 is 1.85 bits per heavy atom. The molecule has 1 N–H and O–H groups in total. The Bertz CT molecular complexity index is 1020. The number of unbranched alkanes of at least 4 members (excludes halogenated alkanes) is 1. The van der Waals surface area contributed by atoms with Gasteiger partial charge >= 0.3 is 5.97 Å². The zero-order valence-electron chi connectivity index (χ0n) is 15.3. The molecule has 0 aliphatic carbocycles. The van der Waals surface area contributed by atoms with Crippen LogP contribution in [-0.2, 0) is 7.05 Å². The second-order valence-electron chi connectivity index (χ2n) is 6.15. The van der Waals surface area contributed by atoms with E-state index in [-0.39, 0.29) is 22.4 Å². The van der Waals surface area contributed by atoms with Crippen LogP contribution in [0.25, 0.3) is 10.9 Å². The molecule has 0 spiro atoms. The van der Waals surface area contributed by atoms with Crippen LogP contribution >= 0.6 is 0 Å². The van der Waals surface area contributed by atoms with Crippen molar-refractivity contribution >= 4 is 16.9 Å². The first-order valence-electron chi connectivity index (χ1n) is 8.79. The van der Waals surface area contributed by atoms with Crippen LogP contribution in [0, 0.1) is 0 Å². The molecule has 0 amide bonds. The molecule has 0 saturated carbocycles. The average Bonchev–Trinajstić information content (AvgIpc) is 2.69. The van der Waals surface area contributed by atoms with Gasteiger partial charge in [-0.25, -0.2) is 4.79 Å². The lowest BCUT2D eigenvalue weighted by atomic mass is 10.1. The molecule has 0 radical (unpaired) electrons. The van der Waals surface area contributed by atoms with E-state index in [0.717, 1.165) is 12.8 Å². The first-order valence-corrected chi connectivity index (χ1v) is 8.79. The average molecular weight is 367 g/mol. The second-order valence-corrected chi connectivity index (χ2v) is 6.15. The molecule has 0 saturated heterocycles. The van der Waals surface area contributed by atoms with Gasteiger partial charge in [-0.3, -0.25) is 4.79 Å². The Balaban J connectivity index is 2.11. The molecule has 6 nitrogen and oxygen atoms in total. The highest BCUT2D eigenvalue weighted by molar-refractivity contribution is 6.07. The highest BCUT2D eigenvalue weighted by Crippen LogP contribution is 2.34. The Morgan fingerprint density at radius 1 is 1.11 bits per heavy atom. The van der Waals surface area contributed by atoms with Gasteiger partial charge in [-0.15, -0.1) is 0 Å². The van der Waals surface area contributed by atoms with Crippen molar-refractivity contribution in [1.29, 1.82) is 0 Å². The van der Waals surface area contributed by atoms with E-state index in [2.05, 4.69) is 0 Å². The number of aromatic nitrogens is 1. The number of carbonyl (C=O) groups is 1. The molecule has 1 heterocycles. The molecule has 0 fully saturated rings. The van der Waals surface area contributed by atoms with E-state index in [1.165, 1.54) is 4.57 Å². The predicted octanol–water partition coefficient (Wildman–Crippen LogP) is 3.64. The number of rotatable bonds is 6. The fourth-order valence-corrected chi connectivity index (χ4v) is 2.81. The van der Waals surface area contributed by atoms with Crippen LogP contribution in [0.4, 0.5) is 0 Å². The monoisotopic (exact) mass is 367 g/mol. The van der Waals surface area contributed by atoms with Gasteiger partial charge in [0.05, 0.1) is 23.1 Å². The maximum Gasteiger partial charge on any atom is 0.344 e. The summed E-state index contributed by atoms with van der Waals surface area (Å²) in [5, 5.41) is 10.9. The van der Waals surface area contributed by atoms with E-state index >= 15 is 0 Å². The van der Waals surface area contributed by atoms with Gasteiger partial charge in [0.25, 0.3) is 5.56 Å². The summed E-state index contributed by atoms with van der Waals surface area (Å²) in [6.07, 6.45) is 1.64. The van der Waals surface area contributed by atoms with Crippen LogP contribution in [-0.4, -0.2) is 22.2 Å².